The number of amides is 2. The maximum atomic E-state index is 11.6. The Kier molecular flexibility index (Phi) is 3.51. The van der Waals surface area contributed by atoms with E-state index in [0.717, 1.165) is 12.8 Å². The molecule has 0 saturated carbocycles. The number of carbonyl (C=O) groups is 3. The van der Waals surface area contributed by atoms with Crippen LogP contribution in [0.3, 0.4) is 0 Å². The van der Waals surface area contributed by atoms with Crippen LogP contribution in [0.1, 0.15) is 19.3 Å². The van der Waals surface area contributed by atoms with Crippen LogP contribution in [0.2, 0.25) is 0 Å². The zero-order valence-electron chi connectivity index (χ0n) is 10.1. The number of rotatable bonds is 3. The molecule has 2 bridgehead atoms. The van der Waals surface area contributed by atoms with Crippen molar-refractivity contribution in [2.45, 2.75) is 31.3 Å². The monoisotopic (exact) mass is 256 g/mol. The molecule has 3 atom stereocenters. The van der Waals surface area contributed by atoms with Crippen molar-refractivity contribution in [3.8, 4) is 0 Å². The van der Waals surface area contributed by atoms with E-state index in [1.807, 2.05) is 4.90 Å². The molecule has 2 rings (SSSR count). The average molecular weight is 256 g/mol. The predicted octanol–water partition coefficient (Wildman–Crippen LogP) is -0.194. The van der Waals surface area contributed by atoms with Crippen LogP contribution in [0.5, 0.6) is 0 Å². The second kappa shape index (κ2) is 4.93. The Labute approximate surface area is 104 Å². The van der Waals surface area contributed by atoms with E-state index < -0.39 is 23.9 Å². The summed E-state index contributed by atoms with van der Waals surface area (Å²) in [6.07, 6.45) is 1.51. The molecule has 0 aliphatic carbocycles. The molecule has 0 aromatic rings. The van der Waals surface area contributed by atoms with E-state index >= 15 is 0 Å². The number of hydrogen-bond acceptors (Lipinski definition) is 5. The third-order valence-corrected chi connectivity index (χ3v) is 3.75. The number of carbonyl (C=O) groups excluding carboxylic acids is 2. The van der Waals surface area contributed by atoms with Crippen LogP contribution in [0.15, 0.2) is 0 Å². The van der Waals surface area contributed by atoms with E-state index in [4.69, 9.17) is 5.11 Å². The molecular weight excluding hydrogens is 240 g/mol. The van der Waals surface area contributed by atoms with Crippen LogP contribution in [0.25, 0.3) is 0 Å². The van der Waals surface area contributed by atoms with Gasteiger partial charge in [0, 0.05) is 12.1 Å². The third kappa shape index (κ3) is 2.31. The summed E-state index contributed by atoms with van der Waals surface area (Å²) in [6, 6.07) is 0.0513. The molecule has 0 aromatic carbocycles. The van der Waals surface area contributed by atoms with Gasteiger partial charge in [0.2, 0.25) is 5.91 Å². The van der Waals surface area contributed by atoms with E-state index in [1.54, 1.807) is 0 Å². The number of hydrogen-bond donors (Lipinski definition) is 2. The summed E-state index contributed by atoms with van der Waals surface area (Å²) in [6.45, 7) is 0.0498. The lowest BCUT2D eigenvalue weighted by Gasteiger charge is -2.21. The topological polar surface area (TPSA) is 95.9 Å². The Hall–Kier alpha value is -1.63. The van der Waals surface area contributed by atoms with Gasteiger partial charge in [-0.15, -0.1) is 0 Å². The molecule has 2 aliphatic rings. The van der Waals surface area contributed by atoms with Crippen LogP contribution < -0.4 is 5.32 Å². The average Bonchev–Trinajstić information content (AvgIpc) is 2.86. The van der Waals surface area contributed by atoms with E-state index in [-0.39, 0.29) is 18.6 Å². The van der Waals surface area contributed by atoms with Crippen molar-refractivity contribution in [2.75, 3.05) is 13.7 Å². The molecule has 2 fully saturated rings. The molecule has 2 N–H and O–H groups in total. The Morgan fingerprint density at radius 1 is 1.39 bits per heavy atom. The van der Waals surface area contributed by atoms with Crippen molar-refractivity contribution in [1.82, 2.24) is 10.2 Å². The third-order valence-electron chi connectivity index (χ3n) is 3.75. The highest BCUT2D eigenvalue weighted by Crippen LogP contribution is 2.41. The number of aliphatic carboxylic acids is 1. The molecule has 2 heterocycles. The van der Waals surface area contributed by atoms with Gasteiger partial charge in [-0.2, -0.15) is 0 Å². The van der Waals surface area contributed by atoms with Gasteiger partial charge in [-0.25, -0.2) is 4.79 Å². The number of imide groups is 1. The SMILES string of the molecule is COC(=O)NC(=O)CN1C2CCC1C(C(=O)O)C2. The highest BCUT2D eigenvalue weighted by Gasteiger charge is 2.49. The van der Waals surface area contributed by atoms with Crippen molar-refractivity contribution >= 4 is 18.0 Å². The number of methoxy groups -OCH3 is 1. The number of fused-ring (bicyclic) bond motifs is 2. The molecule has 18 heavy (non-hydrogen) atoms. The first-order valence-corrected chi connectivity index (χ1v) is 5.89. The fourth-order valence-electron chi connectivity index (χ4n) is 2.98. The highest BCUT2D eigenvalue weighted by atomic mass is 16.5. The van der Waals surface area contributed by atoms with Gasteiger partial charge < -0.3 is 9.84 Å². The number of nitrogens with zero attached hydrogens (tertiary/aromatic N) is 1. The van der Waals surface area contributed by atoms with Crippen LogP contribution in [0.4, 0.5) is 4.79 Å². The minimum absolute atomic E-state index is 0.0498. The van der Waals surface area contributed by atoms with Crippen molar-refractivity contribution in [3.05, 3.63) is 0 Å². The van der Waals surface area contributed by atoms with Crippen molar-refractivity contribution in [1.29, 1.82) is 0 Å². The normalized spacial score (nSPS) is 30.2. The van der Waals surface area contributed by atoms with Gasteiger partial charge in [0.05, 0.1) is 19.6 Å². The molecule has 3 unspecified atom stereocenters. The molecule has 100 valence electrons. The fourth-order valence-corrected chi connectivity index (χ4v) is 2.98. The van der Waals surface area contributed by atoms with Crippen molar-refractivity contribution < 1.29 is 24.2 Å². The van der Waals surface area contributed by atoms with E-state index in [1.165, 1.54) is 7.11 Å². The maximum absolute atomic E-state index is 11.6. The van der Waals surface area contributed by atoms with Gasteiger partial charge in [-0.05, 0) is 19.3 Å². The smallest absolute Gasteiger partial charge is 0.413 e. The minimum Gasteiger partial charge on any atom is -0.481 e. The maximum Gasteiger partial charge on any atom is 0.413 e. The first-order chi connectivity index (χ1) is 8.52. The number of carboxylic acid groups (broad SMARTS) is 1. The Morgan fingerprint density at radius 2 is 2.11 bits per heavy atom. The molecular formula is C11H16N2O5. The largest absolute Gasteiger partial charge is 0.481 e. The lowest BCUT2D eigenvalue weighted by Crippen LogP contribution is -2.43. The molecule has 7 nitrogen and oxygen atoms in total. The Bertz CT molecular complexity index is 384. The quantitative estimate of drug-likeness (QED) is 0.726. The van der Waals surface area contributed by atoms with Gasteiger partial charge in [0.15, 0.2) is 0 Å². The summed E-state index contributed by atoms with van der Waals surface area (Å²) in [5, 5.41) is 11.1. The summed E-state index contributed by atoms with van der Waals surface area (Å²) in [7, 11) is 1.18. The van der Waals surface area contributed by atoms with Crippen LogP contribution in [0, 0.1) is 5.92 Å². The molecule has 2 amide bonds. The molecule has 2 saturated heterocycles. The number of alkyl carbamates (subject to hydrolysis) is 1. The summed E-state index contributed by atoms with van der Waals surface area (Å²) in [5.74, 6) is -1.65. The number of carboxylic acids is 1. The van der Waals surface area contributed by atoms with Gasteiger partial charge in [0.25, 0.3) is 0 Å². The zero-order chi connectivity index (χ0) is 13.3. The first kappa shape index (κ1) is 12.8. The van der Waals surface area contributed by atoms with E-state index in [0.29, 0.717) is 6.42 Å². The molecule has 0 radical (unpaired) electrons. The lowest BCUT2D eigenvalue weighted by atomic mass is 9.89. The Balaban J connectivity index is 1.93. The molecule has 2 aliphatic heterocycles. The summed E-state index contributed by atoms with van der Waals surface area (Å²) in [5.41, 5.74) is 0. The summed E-state index contributed by atoms with van der Waals surface area (Å²) >= 11 is 0. The second-order valence-electron chi connectivity index (χ2n) is 4.69. The second-order valence-corrected chi connectivity index (χ2v) is 4.69. The standard InChI is InChI=1S/C11H16N2O5/c1-18-11(17)12-9(14)5-13-6-2-3-8(13)7(4-6)10(15)16/h6-8H,2-5H2,1H3,(H,15,16)(H,12,14,17). The minimum atomic E-state index is -0.805. The summed E-state index contributed by atoms with van der Waals surface area (Å²) in [4.78, 5) is 35.4. The highest BCUT2D eigenvalue weighted by molar-refractivity contribution is 5.92. The van der Waals surface area contributed by atoms with Gasteiger partial charge in [-0.1, -0.05) is 0 Å². The number of nitrogens with one attached hydrogen (secondary N) is 1. The zero-order valence-corrected chi connectivity index (χ0v) is 10.1. The van der Waals surface area contributed by atoms with E-state index in [9.17, 15) is 14.4 Å². The predicted molar refractivity (Wildman–Crippen MR) is 59.8 cm³/mol. The molecule has 7 heteroatoms. The van der Waals surface area contributed by atoms with Crippen LogP contribution >= 0.6 is 0 Å². The van der Waals surface area contributed by atoms with Crippen LogP contribution in [-0.4, -0.2) is 53.7 Å². The van der Waals surface area contributed by atoms with Crippen LogP contribution in [-0.2, 0) is 14.3 Å². The lowest BCUT2D eigenvalue weighted by molar-refractivity contribution is -0.143. The van der Waals surface area contributed by atoms with Gasteiger partial charge in [-0.3, -0.25) is 19.8 Å². The van der Waals surface area contributed by atoms with Crippen molar-refractivity contribution in [3.63, 3.8) is 0 Å². The van der Waals surface area contributed by atoms with Gasteiger partial charge >= 0.3 is 12.1 Å². The fraction of sp³-hybridized carbons (Fsp3) is 0.727. The number of ether oxygens (including phenoxy) is 1. The molecule has 0 spiro atoms. The van der Waals surface area contributed by atoms with Crippen molar-refractivity contribution in [2.24, 2.45) is 5.92 Å². The van der Waals surface area contributed by atoms with E-state index in [2.05, 4.69) is 10.1 Å². The Morgan fingerprint density at radius 3 is 2.67 bits per heavy atom. The van der Waals surface area contributed by atoms with Gasteiger partial charge in [0.1, 0.15) is 0 Å². The first-order valence-electron chi connectivity index (χ1n) is 5.89. The molecule has 0 aromatic heterocycles. The summed E-state index contributed by atoms with van der Waals surface area (Å²) < 4.78 is 4.33.